The van der Waals surface area contributed by atoms with Crippen molar-refractivity contribution in [3.63, 3.8) is 0 Å². The largest absolute Gasteiger partial charge is 0.265 e. The number of halogens is 1. The Hall–Kier alpha value is -0.760. The minimum atomic E-state index is -3.41. The van der Waals surface area contributed by atoms with Crippen LogP contribution in [0.15, 0.2) is 44.7 Å². The van der Waals surface area contributed by atoms with Gasteiger partial charge in [0.1, 0.15) is 4.21 Å². The van der Waals surface area contributed by atoms with E-state index in [4.69, 9.17) is 0 Å². The maximum absolute atomic E-state index is 12.3. The topological polar surface area (TPSA) is 50.3 Å². The van der Waals surface area contributed by atoms with Crippen LogP contribution >= 0.6 is 27.3 Å². The van der Waals surface area contributed by atoms with Crippen molar-refractivity contribution in [2.24, 2.45) is 0 Å². The first-order valence-corrected chi connectivity index (χ1v) is 8.71. The molecule has 0 aromatic carbocycles. The van der Waals surface area contributed by atoms with Gasteiger partial charge in [0.25, 0.3) is 10.0 Å². The van der Waals surface area contributed by atoms with Crippen molar-refractivity contribution in [2.75, 3.05) is 13.6 Å². The van der Waals surface area contributed by atoms with E-state index in [9.17, 15) is 8.42 Å². The van der Waals surface area contributed by atoms with Crippen molar-refractivity contribution in [3.8, 4) is 0 Å². The van der Waals surface area contributed by atoms with Crippen molar-refractivity contribution in [1.29, 1.82) is 0 Å². The maximum Gasteiger partial charge on any atom is 0.253 e. The molecule has 0 saturated heterocycles. The van der Waals surface area contributed by atoms with Gasteiger partial charge in [0, 0.05) is 30.5 Å². The fourth-order valence-corrected chi connectivity index (χ4v) is 5.24. The van der Waals surface area contributed by atoms with Crippen LogP contribution in [0, 0.1) is 0 Å². The standard InChI is InChI=1S/C12H13BrN2O2S2/c1-15(8-4-10-2-6-14-7-3-10)19(16,17)12-11(13)5-9-18-12/h2-3,5-7,9H,4,8H2,1H3. The summed E-state index contributed by atoms with van der Waals surface area (Å²) in [6.45, 7) is 0.441. The lowest BCUT2D eigenvalue weighted by atomic mass is 10.2. The van der Waals surface area contributed by atoms with E-state index in [1.54, 1.807) is 30.9 Å². The van der Waals surface area contributed by atoms with Crippen molar-refractivity contribution in [3.05, 3.63) is 46.0 Å². The zero-order valence-electron chi connectivity index (χ0n) is 10.3. The second kappa shape index (κ2) is 6.13. The predicted octanol–water partition coefficient (Wildman–Crippen LogP) is 2.77. The molecule has 2 aromatic rings. The highest BCUT2D eigenvalue weighted by Crippen LogP contribution is 2.29. The van der Waals surface area contributed by atoms with E-state index in [1.807, 2.05) is 12.1 Å². The number of hydrogen-bond acceptors (Lipinski definition) is 4. The minimum absolute atomic E-state index is 0.352. The highest BCUT2D eigenvalue weighted by Gasteiger charge is 2.24. The Balaban J connectivity index is 2.08. The highest BCUT2D eigenvalue weighted by atomic mass is 79.9. The quantitative estimate of drug-likeness (QED) is 0.823. The summed E-state index contributed by atoms with van der Waals surface area (Å²) in [6, 6.07) is 5.53. The number of likely N-dealkylation sites (N-methyl/N-ethyl adjacent to an activating group) is 1. The molecule has 0 aliphatic heterocycles. The van der Waals surface area contributed by atoms with Crippen molar-refractivity contribution in [1.82, 2.24) is 9.29 Å². The molecule has 4 nitrogen and oxygen atoms in total. The Bertz CT molecular complexity index is 641. The van der Waals surface area contributed by atoms with Crippen LogP contribution in [-0.2, 0) is 16.4 Å². The molecule has 0 atom stereocenters. The Kier molecular flexibility index (Phi) is 4.72. The van der Waals surface area contributed by atoms with Crippen LogP contribution in [0.3, 0.4) is 0 Å². The third-order valence-electron chi connectivity index (χ3n) is 2.69. The minimum Gasteiger partial charge on any atom is -0.265 e. The first kappa shape index (κ1) is 14.6. The second-order valence-corrected chi connectivity index (χ2v) is 8.00. The van der Waals surface area contributed by atoms with Crippen molar-refractivity contribution < 1.29 is 8.42 Å². The van der Waals surface area contributed by atoms with E-state index in [-0.39, 0.29) is 0 Å². The van der Waals surface area contributed by atoms with Gasteiger partial charge in [-0.15, -0.1) is 11.3 Å². The van der Waals surface area contributed by atoms with Gasteiger partial charge in [0.2, 0.25) is 0 Å². The van der Waals surface area contributed by atoms with Crippen molar-refractivity contribution >= 4 is 37.3 Å². The molecule has 19 heavy (non-hydrogen) atoms. The zero-order chi connectivity index (χ0) is 13.9. The molecule has 0 aliphatic rings. The molecule has 2 aromatic heterocycles. The average molecular weight is 361 g/mol. The summed E-state index contributed by atoms with van der Waals surface area (Å²) < 4.78 is 27.0. The molecular formula is C12H13BrN2O2S2. The maximum atomic E-state index is 12.3. The lowest BCUT2D eigenvalue weighted by Gasteiger charge is -2.16. The average Bonchev–Trinajstić information content (AvgIpc) is 2.84. The number of sulfonamides is 1. The van der Waals surface area contributed by atoms with Gasteiger partial charge in [0.05, 0.1) is 0 Å². The second-order valence-electron chi connectivity index (χ2n) is 3.99. The van der Waals surface area contributed by atoms with E-state index in [0.717, 1.165) is 5.56 Å². The lowest BCUT2D eigenvalue weighted by molar-refractivity contribution is 0.474. The fourth-order valence-electron chi connectivity index (χ4n) is 1.56. The van der Waals surface area contributed by atoms with Gasteiger partial charge >= 0.3 is 0 Å². The summed E-state index contributed by atoms with van der Waals surface area (Å²) in [7, 11) is -1.81. The first-order valence-electron chi connectivity index (χ1n) is 5.60. The van der Waals surface area contributed by atoms with E-state index >= 15 is 0 Å². The van der Waals surface area contributed by atoms with Crippen LogP contribution in [0.2, 0.25) is 0 Å². The van der Waals surface area contributed by atoms with Crippen LogP contribution in [0.25, 0.3) is 0 Å². The summed E-state index contributed by atoms with van der Waals surface area (Å²) in [4.78, 5) is 3.94. The normalized spacial score (nSPS) is 11.9. The summed E-state index contributed by atoms with van der Waals surface area (Å²) >= 11 is 4.48. The third kappa shape index (κ3) is 3.42. The molecule has 0 fully saturated rings. The molecule has 0 amide bonds. The number of rotatable bonds is 5. The molecule has 0 saturated carbocycles. The number of hydrogen-bond donors (Lipinski definition) is 0. The molecule has 102 valence electrons. The summed E-state index contributed by atoms with van der Waals surface area (Å²) in [6.07, 6.45) is 4.08. The van der Waals surface area contributed by atoms with Gasteiger partial charge in [0.15, 0.2) is 0 Å². The number of pyridine rings is 1. The van der Waals surface area contributed by atoms with Gasteiger partial charge in [-0.05, 0) is 51.5 Å². The van der Waals surface area contributed by atoms with Gasteiger partial charge in [-0.25, -0.2) is 8.42 Å². The molecule has 0 bridgehead atoms. The van der Waals surface area contributed by atoms with Gasteiger partial charge in [-0.3, -0.25) is 4.98 Å². The Morgan fingerprint density at radius 1 is 1.32 bits per heavy atom. The summed E-state index contributed by atoms with van der Waals surface area (Å²) in [5.41, 5.74) is 1.07. The van der Waals surface area contributed by atoms with Crippen LogP contribution in [-0.4, -0.2) is 31.3 Å². The Morgan fingerprint density at radius 2 is 2.00 bits per heavy atom. The van der Waals surface area contributed by atoms with Gasteiger partial charge in [-0.2, -0.15) is 4.31 Å². The molecule has 0 unspecified atom stereocenters. The van der Waals surface area contributed by atoms with Gasteiger partial charge in [-0.1, -0.05) is 0 Å². The third-order valence-corrected chi connectivity index (χ3v) is 7.20. The van der Waals surface area contributed by atoms with E-state index in [0.29, 0.717) is 21.6 Å². The highest BCUT2D eigenvalue weighted by molar-refractivity contribution is 9.10. The predicted molar refractivity (Wildman–Crippen MR) is 79.8 cm³/mol. The summed E-state index contributed by atoms with van der Waals surface area (Å²) in [5, 5.41) is 1.76. The van der Waals surface area contributed by atoms with E-state index in [1.165, 1.54) is 15.6 Å². The molecular weight excluding hydrogens is 348 g/mol. The SMILES string of the molecule is CN(CCc1ccncc1)S(=O)(=O)c1sccc1Br. The molecule has 2 rings (SSSR count). The van der Waals surface area contributed by atoms with Gasteiger partial charge < -0.3 is 0 Å². The van der Waals surface area contributed by atoms with Crippen LogP contribution in [0.1, 0.15) is 5.56 Å². The van der Waals surface area contributed by atoms with Crippen LogP contribution in [0.5, 0.6) is 0 Å². The number of aromatic nitrogens is 1. The molecule has 0 aliphatic carbocycles. The fraction of sp³-hybridized carbons (Fsp3) is 0.250. The lowest BCUT2D eigenvalue weighted by Crippen LogP contribution is -2.28. The van der Waals surface area contributed by atoms with E-state index < -0.39 is 10.0 Å². The first-order chi connectivity index (χ1) is 9.01. The monoisotopic (exact) mass is 360 g/mol. The number of nitrogens with zero attached hydrogens (tertiary/aromatic N) is 2. The Labute approximate surface area is 125 Å². The molecule has 7 heteroatoms. The smallest absolute Gasteiger partial charge is 0.253 e. The molecule has 2 heterocycles. The zero-order valence-corrected chi connectivity index (χ0v) is 13.5. The van der Waals surface area contributed by atoms with Crippen molar-refractivity contribution in [2.45, 2.75) is 10.6 Å². The van der Waals surface area contributed by atoms with Crippen LogP contribution < -0.4 is 0 Å². The van der Waals surface area contributed by atoms with E-state index in [2.05, 4.69) is 20.9 Å². The number of thiophene rings is 1. The Morgan fingerprint density at radius 3 is 2.58 bits per heavy atom. The molecule has 0 N–H and O–H groups in total. The summed E-state index contributed by atoms with van der Waals surface area (Å²) in [5.74, 6) is 0. The van der Waals surface area contributed by atoms with Crippen LogP contribution in [0.4, 0.5) is 0 Å². The molecule has 0 spiro atoms. The molecule has 0 radical (unpaired) electrons.